The van der Waals surface area contributed by atoms with E-state index in [2.05, 4.69) is 17.2 Å². The molecule has 0 fully saturated rings. The van der Waals surface area contributed by atoms with Gasteiger partial charge in [-0.05, 0) is 43.7 Å². The molecule has 0 aliphatic rings. The fourth-order valence-corrected chi connectivity index (χ4v) is 2.02. The van der Waals surface area contributed by atoms with Gasteiger partial charge in [0.15, 0.2) is 11.5 Å². The first kappa shape index (κ1) is 15.3. The quantitative estimate of drug-likeness (QED) is 0.788. The first-order valence-electron chi connectivity index (χ1n) is 7.20. The van der Waals surface area contributed by atoms with Gasteiger partial charge in [-0.15, -0.1) is 0 Å². The fourth-order valence-electron chi connectivity index (χ4n) is 2.02. The van der Waals surface area contributed by atoms with Crippen molar-refractivity contribution in [3.63, 3.8) is 0 Å². The molecule has 2 rings (SSSR count). The summed E-state index contributed by atoms with van der Waals surface area (Å²) in [5.41, 5.74) is 2.22. The molecule has 0 unspecified atom stereocenters. The molecule has 0 saturated heterocycles. The molecule has 21 heavy (non-hydrogen) atoms. The van der Waals surface area contributed by atoms with Crippen molar-refractivity contribution in [1.82, 2.24) is 10.3 Å². The van der Waals surface area contributed by atoms with Crippen LogP contribution >= 0.6 is 0 Å². The van der Waals surface area contributed by atoms with Crippen LogP contribution in [0.3, 0.4) is 0 Å². The van der Waals surface area contributed by atoms with E-state index in [1.165, 1.54) is 0 Å². The summed E-state index contributed by atoms with van der Waals surface area (Å²) in [5.74, 6) is 2.18. The minimum atomic E-state index is 0.702. The highest BCUT2D eigenvalue weighted by Crippen LogP contribution is 2.33. The zero-order chi connectivity index (χ0) is 15.1. The lowest BCUT2D eigenvalue weighted by atomic mass is 10.2. The molecule has 112 valence electrons. The van der Waals surface area contributed by atoms with E-state index in [-0.39, 0.29) is 0 Å². The average molecular weight is 286 g/mol. The molecule has 4 nitrogen and oxygen atoms in total. The summed E-state index contributed by atoms with van der Waals surface area (Å²) >= 11 is 0. The standard InChI is InChI=1S/C17H22N2O2/c1-4-8-18-11-14-7-9-19-12-17(14)21-15-6-5-13(2)10-16(15)20-3/h5-7,9-10,12,18H,4,8,11H2,1-3H3. The molecular weight excluding hydrogens is 264 g/mol. The van der Waals surface area contributed by atoms with Gasteiger partial charge in [0.05, 0.1) is 13.3 Å². The number of hydrogen-bond acceptors (Lipinski definition) is 4. The van der Waals surface area contributed by atoms with E-state index in [9.17, 15) is 0 Å². The number of aromatic nitrogens is 1. The Hall–Kier alpha value is -2.07. The van der Waals surface area contributed by atoms with Crippen LogP contribution in [0.1, 0.15) is 24.5 Å². The number of pyridine rings is 1. The van der Waals surface area contributed by atoms with Gasteiger partial charge in [0.25, 0.3) is 0 Å². The van der Waals surface area contributed by atoms with E-state index in [4.69, 9.17) is 9.47 Å². The third kappa shape index (κ3) is 4.20. The van der Waals surface area contributed by atoms with Crippen LogP contribution in [0.4, 0.5) is 0 Å². The van der Waals surface area contributed by atoms with Crippen molar-refractivity contribution in [1.29, 1.82) is 0 Å². The lowest BCUT2D eigenvalue weighted by Gasteiger charge is -2.14. The first-order chi connectivity index (χ1) is 10.2. The Morgan fingerprint density at radius 3 is 2.76 bits per heavy atom. The van der Waals surface area contributed by atoms with Crippen LogP contribution in [0.15, 0.2) is 36.7 Å². The van der Waals surface area contributed by atoms with Crippen LogP contribution in [0.25, 0.3) is 0 Å². The molecule has 0 amide bonds. The Labute approximate surface area is 126 Å². The Kier molecular flexibility index (Phi) is 5.58. The molecule has 1 aromatic heterocycles. The highest BCUT2D eigenvalue weighted by molar-refractivity contribution is 5.46. The summed E-state index contributed by atoms with van der Waals surface area (Å²) in [5, 5.41) is 3.38. The van der Waals surface area contributed by atoms with Crippen molar-refractivity contribution in [2.75, 3.05) is 13.7 Å². The topological polar surface area (TPSA) is 43.4 Å². The van der Waals surface area contributed by atoms with Gasteiger partial charge in [-0.1, -0.05) is 13.0 Å². The maximum absolute atomic E-state index is 5.99. The first-order valence-corrected chi connectivity index (χ1v) is 7.20. The third-order valence-corrected chi connectivity index (χ3v) is 3.15. The number of nitrogens with zero attached hydrogens (tertiary/aromatic N) is 1. The smallest absolute Gasteiger partial charge is 0.169 e. The van der Waals surface area contributed by atoms with Gasteiger partial charge in [0.2, 0.25) is 0 Å². The van der Waals surface area contributed by atoms with Gasteiger partial charge in [-0.25, -0.2) is 0 Å². The maximum Gasteiger partial charge on any atom is 0.169 e. The Balaban J connectivity index is 2.19. The maximum atomic E-state index is 5.99. The molecule has 1 N–H and O–H groups in total. The second-order valence-electron chi connectivity index (χ2n) is 4.92. The van der Waals surface area contributed by atoms with E-state index in [1.54, 1.807) is 19.5 Å². The van der Waals surface area contributed by atoms with Crippen molar-refractivity contribution in [3.05, 3.63) is 47.8 Å². The predicted molar refractivity (Wildman–Crippen MR) is 84.0 cm³/mol. The van der Waals surface area contributed by atoms with Gasteiger partial charge in [0.1, 0.15) is 5.75 Å². The second-order valence-corrected chi connectivity index (χ2v) is 4.92. The lowest BCUT2D eigenvalue weighted by molar-refractivity contribution is 0.376. The van der Waals surface area contributed by atoms with Crippen LogP contribution in [-0.4, -0.2) is 18.6 Å². The number of aryl methyl sites for hydroxylation is 1. The van der Waals surface area contributed by atoms with Crippen molar-refractivity contribution < 1.29 is 9.47 Å². The molecule has 2 aromatic rings. The second kappa shape index (κ2) is 7.64. The normalized spacial score (nSPS) is 10.4. The summed E-state index contributed by atoms with van der Waals surface area (Å²) in [7, 11) is 1.65. The van der Waals surface area contributed by atoms with Gasteiger partial charge in [-0.2, -0.15) is 0 Å². The van der Waals surface area contributed by atoms with E-state index in [0.717, 1.165) is 42.1 Å². The molecular formula is C17H22N2O2. The molecule has 1 aromatic carbocycles. The molecule has 0 bridgehead atoms. The van der Waals surface area contributed by atoms with Crippen LogP contribution in [0.2, 0.25) is 0 Å². The van der Waals surface area contributed by atoms with Crippen LogP contribution in [0.5, 0.6) is 17.2 Å². The fraction of sp³-hybridized carbons (Fsp3) is 0.353. The Morgan fingerprint density at radius 1 is 1.14 bits per heavy atom. The molecule has 0 atom stereocenters. The van der Waals surface area contributed by atoms with Crippen LogP contribution in [-0.2, 0) is 6.54 Å². The van der Waals surface area contributed by atoms with Crippen molar-refractivity contribution in [3.8, 4) is 17.2 Å². The average Bonchev–Trinajstić information content (AvgIpc) is 2.51. The monoisotopic (exact) mass is 286 g/mol. The minimum absolute atomic E-state index is 0.702. The molecule has 0 aliphatic carbocycles. The number of methoxy groups -OCH3 is 1. The van der Waals surface area contributed by atoms with Crippen molar-refractivity contribution >= 4 is 0 Å². The molecule has 0 radical (unpaired) electrons. The SMILES string of the molecule is CCCNCc1ccncc1Oc1ccc(C)cc1OC. The Bertz CT molecular complexity index is 585. The summed E-state index contributed by atoms with van der Waals surface area (Å²) < 4.78 is 11.4. The number of nitrogens with one attached hydrogen (secondary N) is 1. The Morgan fingerprint density at radius 2 is 2.00 bits per heavy atom. The van der Waals surface area contributed by atoms with Crippen molar-refractivity contribution in [2.45, 2.75) is 26.8 Å². The summed E-state index contributed by atoms with van der Waals surface area (Å²) in [6, 6.07) is 7.85. The molecule has 1 heterocycles. The van der Waals surface area contributed by atoms with E-state index >= 15 is 0 Å². The lowest BCUT2D eigenvalue weighted by Crippen LogP contribution is -2.14. The van der Waals surface area contributed by atoms with Crippen LogP contribution < -0.4 is 14.8 Å². The highest BCUT2D eigenvalue weighted by atomic mass is 16.5. The highest BCUT2D eigenvalue weighted by Gasteiger charge is 2.09. The van der Waals surface area contributed by atoms with E-state index in [1.807, 2.05) is 31.2 Å². The summed E-state index contributed by atoms with van der Waals surface area (Å²) in [4.78, 5) is 4.15. The molecule has 0 saturated carbocycles. The van der Waals surface area contributed by atoms with E-state index < -0.39 is 0 Å². The van der Waals surface area contributed by atoms with Gasteiger partial charge >= 0.3 is 0 Å². The van der Waals surface area contributed by atoms with Crippen LogP contribution in [0, 0.1) is 6.92 Å². The molecule has 0 aliphatic heterocycles. The van der Waals surface area contributed by atoms with Gasteiger partial charge in [-0.3, -0.25) is 4.98 Å². The number of hydrogen-bond donors (Lipinski definition) is 1. The predicted octanol–water partition coefficient (Wildman–Crippen LogP) is 3.69. The molecule has 0 spiro atoms. The van der Waals surface area contributed by atoms with Crippen molar-refractivity contribution in [2.24, 2.45) is 0 Å². The number of benzene rings is 1. The molecule has 4 heteroatoms. The van der Waals surface area contributed by atoms with E-state index in [0.29, 0.717) is 5.75 Å². The van der Waals surface area contributed by atoms with Gasteiger partial charge in [0, 0.05) is 18.3 Å². The zero-order valence-corrected chi connectivity index (χ0v) is 12.8. The third-order valence-electron chi connectivity index (χ3n) is 3.15. The zero-order valence-electron chi connectivity index (χ0n) is 12.8. The number of rotatable bonds is 7. The summed E-state index contributed by atoms with van der Waals surface area (Å²) in [6.45, 7) is 5.92. The largest absolute Gasteiger partial charge is 0.493 e. The minimum Gasteiger partial charge on any atom is -0.493 e. The van der Waals surface area contributed by atoms with Gasteiger partial charge < -0.3 is 14.8 Å². The number of ether oxygens (including phenoxy) is 2. The summed E-state index contributed by atoms with van der Waals surface area (Å²) in [6.07, 6.45) is 4.62.